The van der Waals surface area contributed by atoms with E-state index >= 15 is 0 Å². The number of aryl methyl sites for hydroxylation is 1. The molecule has 0 atom stereocenters. The minimum Gasteiger partial charge on any atom is -0.258 e. The van der Waals surface area contributed by atoms with Crippen molar-refractivity contribution in [1.29, 1.82) is 10.5 Å². The van der Waals surface area contributed by atoms with Gasteiger partial charge in [-0.15, -0.1) is 0 Å². The maximum atomic E-state index is 11.0. The van der Waals surface area contributed by atoms with Crippen LogP contribution in [0.1, 0.15) is 30.0 Å². The van der Waals surface area contributed by atoms with Crippen LogP contribution in [0.2, 0.25) is 5.02 Å². The highest BCUT2D eigenvalue weighted by Crippen LogP contribution is 2.35. The molecule has 5 nitrogen and oxygen atoms in total. The average molecular weight is 264 g/mol. The van der Waals surface area contributed by atoms with Crippen molar-refractivity contribution in [3.63, 3.8) is 0 Å². The van der Waals surface area contributed by atoms with Gasteiger partial charge in [-0.1, -0.05) is 24.9 Å². The van der Waals surface area contributed by atoms with Crippen LogP contribution in [0.5, 0.6) is 0 Å². The summed E-state index contributed by atoms with van der Waals surface area (Å²) in [5.74, 6) is 0. The molecule has 0 saturated carbocycles. The molecule has 0 aliphatic rings. The molecule has 6 heteroatoms. The number of nitro groups is 1. The summed E-state index contributed by atoms with van der Waals surface area (Å²) in [6.07, 6.45) is 1.25. The zero-order valence-corrected chi connectivity index (χ0v) is 10.5. The zero-order chi connectivity index (χ0) is 13.7. The zero-order valence-electron chi connectivity index (χ0n) is 9.73. The molecule has 1 rings (SSSR count). The number of halogens is 1. The maximum Gasteiger partial charge on any atom is 0.293 e. The average Bonchev–Trinajstić information content (AvgIpc) is 2.32. The second kappa shape index (κ2) is 6.00. The molecule has 0 heterocycles. The molecular weight excluding hydrogens is 254 g/mol. The second-order valence-corrected chi connectivity index (χ2v) is 4.06. The van der Waals surface area contributed by atoms with Crippen molar-refractivity contribution < 1.29 is 4.92 Å². The largest absolute Gasteiger partial charge is 0.293 e. The highest BCUT2D eigenvalue weighted by atomic mass is 35.5. The molecule has 0 amide bonds. The number of hydrogen-bond acceptors (Lipinski definition) is 4. The molecule has 0 unspecified atom stereocenters. The van der Waals surface area contributed by atoms with Gasteiger partial charge in [-0.3, -0.25) is 10.1 Å². The van der Waals surface area contributed by atoms with Crippen LogP contribution in [-0.4, -0.2) is 4.92 Å². The van der Waals surface area contributed by atoms with Crippen molar-refractivity contribution in [2.24, 2.45) is 0 Å². The van der Waals surface area contributed by atoms with E-state index in [1.807, 2.05) is 19.1 Å². The van der Waals surface area contributed by atoms with E-state index in [1.54, 1.807) is 0 Å². The fourth-order valence-corrected chi connectivity index (χ4v) is 2.06. The van der Waals surface area contributed by atoms with E-state index in [4.69, 9.17) is 22.1 Å². The third-order valence-corrected chi connectivity index (χ3v) is 2.90. The van der Waals surface area contributed by atoms with E-state index in [9.17, 15) is 10.1 Å². The van der Waals surface area contributed by atoms with Crippen molar-refractivity contribution in [3.8, 4) is 12.1 Å². The quantitative estimate of drug-likeness (QED) is 0.616. The predicted octanol–water partition coefficient (Wildman–Crippen LogP) is 3.14. The first kappa shape index (κ1) is 14.0. The van der Waals surface area contributed by atoms with Gasteiger partial charge >= 0.3 is 0 Å². The first-order valence-electron chi connectivity index (χ1n) is 5.32. The number of rotatable bonds is 4. The van der Waals surface area contributed by atoms with Crippen LogP contribution in [0.25, 0.3) is 0 Å². The van der Waals surface area contributed by atoms with Crippen LogP contribution in [0.15, 0.2) is 6.07 Å². The number of nitro benzene ring substituents is 1. The lowest BCUT2D eigenvalue weighted by atomic mass is 9.96. The Kier molecular flexibility index (Phi) is 4.65. The maximum absolute atomic E-state index is 11.0. The van der Waals surface area contributed by atoms with Crippen molar-refractivity contribution in [2.45, 2.75) is 26.2 Å². The molecule has 0 aliphatic carbocycles. The molecule has 0 N–H and O–H groups in total. The van der Waals surface area contributed by atoms with Gasteiger partial charge in [-0.2, -0.15) is 10.5 Å². The molecule has 0 fully saturated rings. The Bertz CT molecular complexity index is 570. The van der Waals surface area contributed by atoms with Crippen LogP contribution in [0, 0.1) is 32.8 Å². The van der Waals surface area contributed by atoms with Gasteiger partial charge in [-0.05, 0) is 18.1 Å². The van der Waals surface area contributed by atoms with Gasteiger partial charge in [-0.25, -0.2) is 0 Å². The van der Waals surface area contributed by atoms with Gasteiger partial charge in [0.25, 0.3) is 5.69 Å². The topological polar surface area (TPSA) is 90.7 Å². The molecular formula is C12H10ClN3O2. The van der Waals surface area contributed by atoms with Crippen LogP contribution in [0.4, 0.5) is 5.69 Å². The van der Waals surface area contributed by atoms with Crippen molar-refractivity contribution >= 4 is 17.3 Å². The van der Waals surface area contributed by atoms with E-state index < -0.39 is 4.92 Å². The summed E-state index contributed by atoms with van der Waals surface area (Å²) in [6, 6.07) is 5.27. The molecule has 1 aromatic rings. The summed E-state index contributed by atoms with van der Waals surface area (Å²) >= 11 is 5.84. The van der Waals surface area contributed by atoms with E-state index in [2.05, 4.69) is 0 Å². The van der Waals surface area contributed by atoms with Gasteiger partial charge in [0.15, 0.2) is 0 Å². The highest BCUT2D eigenvalue weighted by molar-refractivity contribution is 6.34. The van der Waals surface area contributed by atoms with Crippen molar-refractivity contribution in [2.75, 3.05) is 0 Å². The normalized spacial score (nSPS) is 9.56. The molecule has 0 bridgehead atoms. The van der Waals surface area contributed by atoms with Gasteiger partial charge in [0, 0.05) is 5.56 Å². The van der Waals surface area contributed by atoms with Crippen LogP contribution < -0.4 is 0 Å². The lowest BCUT2D eigenvalue weighted by Gasteiger charge is -2.09. The van der Waals surface area contributed by atoms with E-state index in [1.165, 1.54) is 6.07 Å². The Morgan fingerprint density at radius 1 is 1.50 bits per heavy atom. The Labute approximate surface area is 109 Å². The molecule has 0 saturated heterocycles. The minimum atomic E-state index is -0.630. The van der Waals surface area contributed by atoms with Crippen LogP contribution >= 0.6 is 11.6 Å². The number of hydrogen-bond donors (Lipinski definition) is 0. The lowest BCUT2D eigenvalue weighted by Crippen LogP contribution is -2.03. The van der Waals surface area contributed by atoms with Crippen LogP contribution in [0.3, 0.4) is 0 Å². The molecule has 0 spiro atoms. The third-order valence-electron chi connectivity index (χ3n) is 2.51. The highest BCUT2D eigenvalue weighted by Gasteiger charge is 2.25. The third kappa shape index (κ3) is 2.58. The fourth-order valence-electron chi connectivity index (χ4n) is 1.78. The number of nitrogens with zero attached hydrogens (tertiary/aromatic N) is 3. The summed E-state index contributed by atoms with van der Waals surface area (Å²) in [4.78, 5) is 10.4. The molecule has 18 heavy (non-hydrogen) atoms. The Hall–Kier alpha value is -2.11. The SMILES string of the molecule is CCCc1cc(C#N)c(Cl)c([N+](=O)[O-])c1CC#N. The molecule has 0 radical (unpaired) electrons. The minimum absolute atomic E-state index is 0.0773. The number of nitriles is 2. The van der Waals surface area contributed by atoms with E-state index in [0.717, 1.165) is 6.42 Å². The summed E-state index contributed by atoms with van der Waals surface area (Å²) in [5.41, 5.74) is 0.717. The standard InChI is InChI=1S/C12H10ClN3O2/c1-2-3-8-6-9(7-15)11(13)12(16(17)18)10(8)4-5-14/h6H,2-4H2,1H3. The Balaban J connectivity index is 3.63. The molecule has 0 aliphatic heterocycles. The summed E-state index contributed by atoms with van der Waals surface area (Å²) in [5, 5.41) is 28.5. The van der Waals surface area contributed by atoms with Crippen molar-refractivity contribution in [1.82, 2.24) is 0 Å². The molecule has 92 valence electrons. The monoisotopic (exact) mass is 263 g/mol. The van der Waals surface area contributed by atoms with Crippen LogP contribution in [-0.2, 0) is 12.8 Å². The summed E-state index contributed by atoms with van der Waals surface area (Å²) in [7, 11) is 0. The fraction of sp³-hybridized carbons (Fsp3) is 0.333. The van der Waals surface area contributed by atoms with E-state index in [0.29, 0.717) is 17.5 Å². The summed E-state index contributed by atoms with van der Waals surface area (Å²) < 4.78 is 0. The first-order valence-corrected chi connectivity index (χ1v) is 5.70. The lowest BCUT2D eigenvalue weighted by molar-refractivity contribution is -0.385. The number of benzene rings is 1. The van der Waals surface area contributed by atoms with Gasteiger partial charge in [0.2, 0.25) is 0 Å². The second-order valence-electron chi connectivity index (χ2n) is 3.68. The smallest absolute Gasteiger partial charge is 0.258 e. The van der Waals surface area contributed by atoms with Gasteiger partial charge < -0.3 is 0 Å². The predicted molar refractivity (Wildman–Crippen MR) is 66.1 cm³/mol. The van der Waals surface area contributed by atoms with E-state index in [-0.39, 0.29) is 22.7 Å². The van der Waals surface area contributed by atoms with Crippen molar-refractivity contribution in [3.05, 3.63) is 37.9 Å². The van der Waals surface area contributed by atoms with Gasteiger partial charge in [0.1, 0.15) is 11.1 Å². The summed E-state index contributed by atoms with van der Waals surface area (Å²) in [6.45, 7) is 1.92. The molecule has 1 aromatic carbocycles. The Morgan fingerprint density at radius 3 is 2.61 bits per heavy atom. The Morgan fingerprint density at radius 2 is 2.17 bits per heavy atom. The molecule has 0 aromatic heterocycles. The first-order chi connectivity index (χ1) is 8.56. The van der Waals surface area contributed by atoms with Gasteiger partial charge in [0.05, 0.1) is 23.0 Å².